The van der Waals surface area contributed by atoms with E-state index in [4.69, 9.17) is 0 Å². The van der Waals surface area contributed by atoms with Crippen molar-refractivity contribution in [2.24, 2.45) is 17.3 Å². The highest BCUT2D eigenvalue weighted by atomic mass is 14.3. The minimum atomic E-state index is 0.442. The first-order chi connectivity index (χ1) is 4.39. The minimum Gasteiger partial charge on any atom is -0.343 e. The molecule has 0 aliphatic rings. The molecule has 0 saturated heterocycles. The summed E-state index contributed by atoms with van der Waals surface area (Å²) in [6, 6.07) is 0. The van der Waals surface area contributed by atoms with Gasteiger partial charge in [0.15, 0.2) is 0 Å². The molecule has 0 heterocycles. The standard InChI is InChI=1S/C10H21/c1-7-8(2)9(3)10(4,5)6/h8-9H,1,7H2,2-6H3/q-1. The molecule has 0 aliphatic carbocycles. The first kappa shape index (κ1) is 10.0. The van der Waals surface area contributed by atoms with Crippen LogP contribution in [0.4, 0.5) is 0 Å². The van der Waals surface area contributed by atoms with E-state index in [1.807, 2.05) is 0 Å². The number of hydrogen-bond acceptors (Lipinski definition) is 0. The van der Waals surface area contributed by atoms with Crippen LogP contribution in [0.15, 0.2) is 0 Å². The zero-order chi connectivity index (χ0) is 8.36. The van der Waals surface area contributed by atoms with E-state index in [-0.39, 0.29) is 0 Å². The maximum atomic E-state index is 3.92. The topological polar surface area (TPSA) is 0 Å². The molecule has 10 heavy (non-hydrogen) atoms. The maximum Gasteiger partial charge on any atom is -0.0355 e. The van der Waals surface area contributed by atoms with E-state index in [1.54, 1.807) is 0 Å². The molecule has 0 spiro atoms. The molecule has 0 saturated carbocycles. The Morgan fingerprint density at radius 2 is 1.60 bits per heavy atom. The van der Waals surface area contributed by atoms with Crippen LogP contribution < -0.4 is 0 Å². The molecule has 0 aromatic carbocycles. The highest BCUT2D eigenvalue weighted by molar-refractivity contribution is 4.74. The summed E-state index contributed by atoms with van der Waals surface area (Å²) >= 11 is 0. The van der Waals surface area contributed by atoms with Crippen LogP contribution in [0, 0.1) is 24.2 Å². The summed E-state index contributed by atoms with van der Waals surface area (Å²) in [6.07, 6.45) is 1.05. The molecular formula is C10H21-. The summed E-state index contributed by atoms with van der Waals surface area (Å²) in [4.78, 5) is 0. The molecule has 0 radical (unpaired) electrons. The molecule has 2 atom stereocenters. The third-order valence-corrected chi connectivity index (χ3v) is 2.67. The summed E-state index contributed by atoms with van der Waals surface area (Å²) in [7, 11) is 0. The first-order valence-corrected chi connectivity index (χ1v) is 4.18. The van der Waals surface area contributed by atoms with Gasteiger partial charge in [0.25, 0.3) is 0 Å². The van der Waals surface area contributed by atoms with Gasteiger partial charge in [0.2, 0.25) is 0 Å². The molecule has 0 bridgehead atoms. The fraction of sp³-hybridized carbons (Fsp3) is 0.900. The second-order valence-electron chi connectivity index (χ2n) is 4.42. The van der Waals surface area contributed by atoms with Gasteiger partial charge >= 0.3 is 0 Å². The largest absolute Gasteiger partial charge is 0.343 e. The van der Waals surface area contributed by atoms with Gasteiger partial charge in [0.1, 0.15) is 0 Å². The van der Waals surface area contributed by atoms with Gasteiger partial charge in [-0.2, -0.15) is 6.42 Å². The Kier molecular flexibility index (Phi) is 3.41. The van der Waals surface area contributed by atoms with Gasteiger partial charge in [-0.1, -0.05) is 40.5 Å². The Labute approximate surface area is 66.0 Å². The van der Waals surface area contributed by atoms with Crippen molar-refractivity contribution in [3.8, 4) is 0 Å². The van der Waals surface area contributed by atoms with E-state index >= 15 is 0 Å². The molecule has 0 nitrogen and oxygen atoms in total. The molecule has 0 aromatic heterocycles. The van der Waals surface area contributed by atoms with Gasteiger partial charge in [-0.15, -0.1) is 0 Å². The smallest absolute Gasteiger partial charge is 0.0355 e. The number of rotatable bonds is 2. The number of hydrogen-bond donors (Lipinski definition) is 0. The van der Waals surface area contributed by atoms with Crippen LogP contribution in [0.1, 0.15) is 41.0 Å². The maximum absolute atomic E-state index is 3.92. The Morgan fingerprint density at radius 1 is 1.20 bits per heavy atom. The van der Waals surface area contributed by atoms with E-state index in [2.05, 4.69) is 41.5 Å². The van der Waals surface area contributed by atoms with Crippen molar-refractivity contribution in [2.45, 2.75) is 41.0 Å². The van der Waals surface area contributed by atoms with Crippen molar-refractivity contribution in [1.29, 1.82) is 0 Å². The van der Waals surface area contributed by atoms with Crippen molar-refractivity contribution in [3.63, 3.8) is 0 Å². The van der Waals surface area contributed by atoms with Crippen LogP contribution in [-0.2, 0) is 0 Å². The molecular weight excluding hydrogens is 120 g/mol. The predicted molar refractivity (Wildman–Crippen MR) is 47.8 cm³/mol. The van der Waals surface area contributed by atoms with Crippen molar-refractivity contribution in [3.05, 3.63) is 6.92 Å². The zero-order valence-electron chi connectivity index (χ0n) is 8.07. The van der Waals surface area contributed by atoms with Gasteiger partial charge in [0, 0.05) is 0 Å². The Bertz CT molecular complexity index is 86.7. The van der Waals surface area contributed by atoms with Crippen molar-refractivity contribution in [1.82, 2.24) is 0 Å². The van der Waals surface area contributed by atoms with E-state index < -0.39 is 0 Å². The van der Waals surface area contributed by atoms with Crippen molar-refractivity contribution in [2.75, 3.05) is 0 Å². The Balaban J connectivity index is 3.94. The third kappa shape index (κ3) is 2.72. The fourth-order valence-electron chi connectivity index (χ4n) is 1.10. The zero-order valence-corrected chi connectivity index (χ0v) is 8.07. The molecule has 0 aliphatic heterocycles. The molecule has 0 N–H and O–H groups in total. The molecule has 0 fully saturated rings. The molecule has 62 valence electrons. The van der Waals surface area contributed by atoms with Gasteiger partial charge in [-0.3, -0.25) is 0 Å². The fourth-order valence-corrected chi connectivity index (χ4v) is 1.10. The lowest BCUT2D eigenvalue weighted by atomic mass is 9.74. The Morgan fingerprint density at radius 3 is 1.70 bits per heavy atom. The van der Waals surface area contributed by atoms with E-state index in [0.717, 1.165) is 18.3 Å². The van der Waals surface area contributed by atoms with Crippen LogP contribution in [0.25, 0.3) is 0 Å². The van der Waals surface area contributed by atoms with Gasteiger partial charge in [-0.05, 0) is 11.3 Å². The van der Waals surface area contributed by atoms with Gasteiger partial charge in [0.05, 0.1) is 0 Å². The molecule has 0 heteroatoms. The quantitative estimate of drug-likeness (QED) is 0.516. The van der Waals surface area contributed by atoms with E-state index in [1.165, 1.54) is 0 Å². The molecule has 2 unspecified atom stereocenters. The molecule has 0 amide bonds. The van der Waals surface area contributed by atoms with Crippen molar-refractivity contribution >= 4 is 0 Å². The highest BCUT2D eigenvalue weighted by Crippen LogP contribution is 2.32. The van der Waals surface area contributed by atoms with E-state index in [9.17, 15) is 0 Å². The van der Waals surface area contributed by atoms with Crippen LogP contribution in [-0.4, -0.2) is 0 Å². The average Bonchev–Trinajstić information content (AvgIpc) is 1.83. The molecule has 0 rings (SSSR count). The van der Waals surface area contributed by atoms with Crippen LogP contribution in [0.5, 0.6) is 0 Å². The van der Waals surface area contributed by atoms with Gasteiger partial charge < -0.3 is 6.92 Å². The normalized spacial score (nSPS) is 18.6. The monoisotopic (exact) mass is 141 g/mol. The van der Waals surface area contributed by atoms with Gasteiger partial charge in [-0.25, -0.2) is 0 Å². The van der Waals surface area contributed by atoms with Crippen LogP contribution in [0.2, 0.25) is 0 Å². The lowest BCUT2D eigenvalue weighted by Gasteiger charge is -2.33. The summed E-state index contributed by atoms with van der Waals surface area (Å²) in [5, 5.41) is 0. The second kappa shape index (κ2) is 3.41. The highest BCUT2D eigenvalue weighted by Gasteiger charge is 2.22. The summed E-state index contributed by atoms with van der Waals surface area (Å²) < 4.78 is 0. The summed E-state index contributed by atoms with van der Waals surface area (Å²) in [5.74, 6) is 1.52. The lowest BCUT2D eigenvalue weighted by molar-refractivity contribution is 0.188. The minimum absolute atomic E-state index is 0.442. The Hall–Kier alpha value is 0. The SMILES string of the molecule is [CH2-]CC(C)C(C)C(C)(C)C. The average molecular weight is 141 g/mol. The third-order valence-electron chi connectivity index (χ3n) is 2.67. The second-order valence-corrected chi connectivity index (χ2v) is 4.42. The van der Waals surface area contributed by atoms with Crippen LogP contribution in [0.3, 0.4) is 0 Å². The summed E-state index contributed by atoms with van der Waals surface area (Å²) in [5.41, 5.74) is 0.442. The van der Waals surface area contributed by atoms with Crippen molar-refractivity contribution < 1.29 is 0 Å². The van der Waals surface area contributed by atoms with Crippen LogP contribution >= 0.6 is 0 Å². The molecule has 0 aromatic rings. The predicted octanol–water partition coefficient (Wildman–Crippen LogP) is 3.53. The lowest BCUT2D eigenvalue weighted by Crippen LogP contribution is -2.23. The van der Waals surface area contributed by atoms with E-state index in [0.29, 0.717) is 5.41 Å². The summed E-state index contributed by atoms with van der Waals surface area (Å²) in [6.45, 7) is 15.4. The first-order valence-electron chi connectivity index (χ1n) is 4.18.